The first-order valence-corrected chi connectivity index (χ1v) is 5.64. The summed E-state index contributed by atoms with van der Waals surface area (Å²) < 4.78 is 0. The van der Waals surface area contributed by atoms with Crippen LogP contribution in [0.4, 0.5) is 0 Å². The van der Waals surface area contributed by atoms with Gasteiger partial charge in [0, 0.05) is 10.6 Å². The molecule has 0 aliphatic carbocycles. The van der Waals surface area contributed by atoms with Crippen LogP contribution in [0.3, 0.4) is 0 Å². The molecule has 16 heavy (non-hydrogen) atoms. The number of carbonyl (C=O) groups is 1. The zero-order valence-electron chi connectivity index (χ0n) is 9.46. The molecule has 0 aromatic heterocycles. The van der Waals surface area contributed by atoms with E-state index in [0.717, 1.165) is 5.56 Å². The van der Waals surface area contributed by atoms with Crippen molar-refractivity contribution < 1.29 is 9.90 Å². The summed E-state index contributed by atoms with van der Waals surface area (Å²) in [6, 6.07) is 4.93. The summed E-state index contributed by atoms with van der Waals surface area (Å²) in [5, 5.41) is 12.4. The predicted octanol–water partition coefficient (Wildman–Crippen LogP) is 2.15. The van der Waals surface area contributed by atoms with Crippen molar-refractivity contribution in [1.29, 1.82) is 0 Å². The molecule has 0 spiro atoms. The molecule has 0 saturated carbocycles. The molecule has 1 aromatic carbocycles. The largest absolute Gasteiger partial charge is 0.394 e. The Labute approximate surface area is 100 Å². The lowest BCUT2D eigenvalue weighted by Crippen LogP contribution is -2.37. The third-order valence-electron chi connectivity index (χ3n) is 2.48. The predicted molar refractivity (Wildman–Crippen MR) is 64.8 cm³/mol. The lowest BCUT2D eigenvalue weighted by molar-refractivity contribution is 0.0914. The van der Waals surface area contributed by atoms with Crippen LogP contribution in [0.15, 0.2) is 18.2 Å². The van der Waals surface area contributed by atoms with E-state index in [4.69, 9.17) is 16.7 Å². The highest BCUT2D eigenvalue weighted by Crippen LogP contribution is 2.15. The van der Waals surface area contributed by atoms with Crippen molar-refractivity contribution >= 4 is 17.5 Å². The van der Waals surface area contributed by atoms with Crippen LogP contribution in [-0.4, -0.2) is 23.7 Å². The van der Waals surface area contributed by atoms with E-state index in [1.807, 2.05) is 13.8 Å². The first kappa shape index (κ1) is 13.0. The van der Waals surface area contributed by atoms with Crippen LogP contribution >= 0.6 is 11.6 Å². The molecule has 0 radical (unpaired) electrons. The Morgan fingerprint density at radius 1 is 1.56 bits per heavy atom. The fraction of sp³-hybridized carbons (Fsp3) is 0.417. The van der Waals surface area contributed by atoms with E-state index < -0.39 is 0 Å². The van der Waals surface area contributed by atoms with Gasteiger partial charge in [0.05, 0.1) is 12.6 Å². The standard InChI is InChI=1S/C12H16ClNO2/c1-3-10(7-15)14-12(16)11-5-4-9(13)6-8(11)2/h4-6,10,15H,3,7H2,1-2H3,(H,14,16)/t10-/m0/s1. The zero-order valence-corrected chi connectivity index (χ0v) is 10.2. The Morgan fingerprint density at radius 2 is 2.25 bits per heavy atom. The second-order valence-electron chi connectivity index (χ2n) is 3.72. The third kappa shape index (κ3) is 3.22. The van der Waals surface area contributed by atoms with E-state index in [1.54, 1.807) is 18.2 Å². The Balaban J connectivity index is 2.80. The highest BCUT2D eigenvalue weighted by molar-refractivity contribution is 6.30. The molecular weight excluding hydrogens is 226 g/mol. The van der Waals surface area contributed by atoms with Crippen LogP contribution in [0.1, 0.15) is 29.3 Å². The normalized spacial score (nSPS) is 12.2. The second-order valence-corrected chi connectivity index (χ2v) is 4.16. The van der Waals surface area contributed by atoms with E-state index >= 15 is 0 Å². The summed E-state index contributed by atoms with van der Waals surface area (Å²) in [7, 11) is 0. The van der Waals surface area contributed by atoms with Gasteiger partial charge in [-0.1, -0.05) is 18.5 Å². The summed E-state index contributed by atoms with van der Waals surface area (Å²) in [6.07, 6.45) is 0.703. The molecule has 4 heteroatoms. The molecule has 2 N–H and O–H groups in total. The Bertz CT molecular complexity index is 375. The van der Waals surface area contributed by atoms with Crippen molar-refractivity contribution in [3.05, 3.63) is 34.3 Å². The molecule has 0 bridgehead atoms. The number of hydrogen-bond acceptors (Lipinski definition) is 2. The first-order valence-electron chi connectivity index (χ1n) is 5.26. The smallest absolute Gasteiger partial charge is 0.251 e. The maximum absolute atomic E-state index is 11.8. The molecule has 1 atom stereocenters. The average molecular weight is 242 g/mol. The maximum Gasteiger partial charge on any atom is 0.251 e. The van der Waals surface area contributed by atoms with E-state index in [-0.39, 0.29) is 18.6 Å². The maximum atomic E-state index is 11.8. The van der Waals surface area contributed by atoms with Gasteiger partial charge in [0.15, 0.2) is 0 Å². The lowest BCUT2D eigenvalue weighted by atomic mass is 10.1. The molecule has 1 rings (SSSR count). The third-order valence-corrected chi connectivity index (χ3v) is 2.72. The number of aryl methyl sites for hydroxylation is 1. The number of rotatable bonds is 4. The van der Waals surface area contributed by atoms with Gasteiger partial charge in [-0.15, -0.1) is 0 Å². The summed E-state index contributed by atoms with van der Waals surface area (Å²) in [5.74, 6) is -0.171. The fourth-order valence-electron chi connectivity index (χ4n) is 1.42. The quantitative estimate of drug-likeness (QED) is 0.849. The van der Waals surface area contributed by atoms with Gasteiger partial charge >= 0.3 is 0 Å². The SMILES string of the molecule is CC[C@@H](CO)NC(=O)c1ccc(Cl)cc1C. The number of halogens is 1. The van der Waals surface area contributed by atoms with Crippen molar-refractivity contribution in [2.45, 2.75) is 26.3 Å². The Hall–Kier alpha value is -1.06. The number of nitrogens with one attached hydrogen (secondary N) is 1. The number of hydrogen-bond donors (Lipinski definition) is 2. The number of carbonyl (C=O) groups excluding carboxylic acids is 1. The molecule has 0 fully saturated rings. The molecule has 3 nitrogen and oxygen atoms in total. The number of aliphatic hydroxyl groups excluding tert-OH is 1. The molecular formula is C12H16ClNO2. The fourth-order valence-corrected chi connectivity index (χ4v) is 1.65. The summed E-state index contributed by atoms with van der Waals surface area (Å²) in [6.45, 7) is 3.70. The van der Waals surface area contributed by atoms with Crippen LogP contribution in [0.2, 0.25) is 5.02 Å². The van der Waals surface area contributed by atoms with E-state index in [1.165, 1.54) is 0 Å². The minimum atomic E-state index is -0.192. The molecule has 0 heterocycles. The monoisotopic (exact) mass is 241 g/mol. The van der Waals surface area contributed by atoms with Gasteiger partial charge in [-0.3, -0.25) is 4.79 Å². The molecule has 88 valence electrons. The number of amides is 1. The first-order chi connectivity index (χ1) is 7.58. The van der Waals surface area contributed by atoms with E-state index in [0.29, 0.717) is 17.0 Å². The Morgan fingerprint density at radius 3 is 2.75 bits per heavy atom. The van der Waals surface area contributed by atoms with Crippen LogP contribution in [-0.2, 0) is 0 Å². The van der Waals surface area contributed by atoms with Gasteiger partial charge in [0.1, 0.15) is 0 Å². The van der Waals surface area contributed by atoms with Crippen molar-refractivity contribution in [1.82, 2.24) is 5.32 Å². The van der Waals surface area contributed by atoms with Crippen molar-refractivity contribution in [3.63, 3.8) is 0 Å². The highest BCUT2D eigenvalue weighted by atomic mass is 35.5. The molecule has 0 aliphatic rings. The van der Waals surface area contributed by atoms with Crippen LogP contribution in [0.25, 0.3) is 0 Å². The summed E-state index contributed by atoms with van der Waals surface area (Å²) >= 11 is 5.81. The minimum Gasteiger partial charge on any atom is -0.394 e. The molecule has 1 aromatic rings. The second kappa shape index (κ2) is 5.87. The zero-order chi connectivity index (χ0) is 12.1. The van der Waals surface area contributed by atoms with Crippen LogP contribution < -0.4 is 5.32 Å². The van der Waals surface area contributed by atoms with E-state index in [9.17, 15) is 4.79 Å². The summed E-state index contributed by atoms with van der Waals surface area (Å²) in [4.78, 5) is 11.8. The molecule has 0 aliphatic heterocycles. The molecule has 0 unspecified atom stereocenters. The molecule has 0 saturated heterocycles. The number of benzene rings is 1. The highest BCUT2D eigenvalue weighted by Gasteiger charge is 2.13. The van der Waals surface area contributed by atoms with Crippen molar-refractivity contribution in [2.24, 2.45) is 0 Å². The van der Waals surface area contributed by atoms with Gasteiger partial charge in [-0.05, 0) is 37.1 Å². The van der Waals surface area contributed by atoms with Gasteiger partial charge in [0.2, 0.25) is 0 Å². The van der Waals surface area contributed by atoms with Gasteiger partial charge < -0.3 is 10.4 Å². The Kier molecular flexibility index (Phi) is 4.77. The van der Waals surface area contributed by atoms with Crippen molar-refractivity contribution in [2.75, 3.05) is 6.61 Å². The van der Waals surface area contributed by atoms with Crippen LogP contribution in [0.5, 0.6) is 0 Å². The number of aliphatic hydroxyl groups is 1. The van der Waals surface area contributed by atoms with Gasteiger partial charge in [-0.2, -0.15) is 0 Å². The topological polar surface area (TPSA) is 49.3 Å². The van der Waals surface area contributed by atoms with E-state index in [2.05, 4.69) is 5.32 Å². The van der Waals surface area contributed by atoms with Crippen molar-refractivity contribution in [3.8, 4) is 0 Å². The van der Waals surface area contributed by atoms with Gasteiger partial charge in [0.25, 0.3) is 5.91 Å². The summed E-state index contributed by atoms with van der Waals surface area (Å²) in [5.41, 5.74) is 1.43. The van der Waals surface area contributed by atoms with Gasteiger partial charge in [-0.25, -0.2) is 0 Å². The minimum absolute atomic E-state index is 0.0467. The molecule has 1 amide bonds. The average Bonchev–Trinajstić information content (AvgIpc) is 2.25. The lowest BCUT2D eigenvalue weighted by Gasteiger charge is -2.15. The van der Waals surface area contributed by atoms with Crippen LogP contribution in [0, 0.1) is 6.92 Å².